The Morgan fingerprint density at radius 3 is 2.52 bits per heavy atom. The molecule has 2 heterocycles. The van der Waals surface area contributed by atoms with E-state index >= 15 is 0 Å². The van der Waals surface area contributed by atoms with E-state index in [1.54, 1.807) is 12.4 Å². The lowest BCUT2D eigenvalue weighted by Gasteiger charge is -2.11. The number of benzene rings is 1. The Morgan fingerprint density at radius 1 is 1.11 bits per heavy atom. The number of hydrogen-bond acceptors (Lipinski definition) is 6. The van der Waals surface area contributed by atoms with Gasteiger partial charge in [-0.1, -0.05) is 11.8 Å². The molecule has 27 heavy (non-hydrogen) atoms. The number of ether oxygens (including phenoxy) is 1. The Balaban J connectivity index is 1.96. The number of amides is 1. The van der Waals surface area contributed by atoms with Crippen LogP contribution in [-0.2, 0) is 4.79 Å². The van der Waals surface area contributed by atoms with E-state index in [0.717, 1.165) is 17.0 Å². The van der Waals surface area contributed by atoms with Crippen LogP contribution in [0.15, 0.2) is 53.9 Å². The zero-order valence-electron chi connectivity index (χ0n) is 15.3. The summed E-state index contributed by atoms with van der Waals surface area (Å²) in [6.45, 7) is 5.06. The first-order valence-electron chi connectivity index (χ1n) is 8.71. The van der Waals surface area contributed by atoms with Crippen LogP contribution in [0.25, 0.3) is 17.1 Å². The first-order valence-corrected chi connectivity index (χ1v) is 9.70. The van der Waals surface area contributed by atoms with Crippen molar-refractivity contribution in [1.82, 2.24) is 25.1 Å². The summed E-state index contributed by atoms with van der Waals surface area (Å²) in [7, 11) is 0. The van der Waals surface area contributed by atoms with E-state index in [2.05, 4.69) is 20.5 Å². The minimum absolute atomic E-state index is 0.0331. The average Bonchev–Trinajstić information content (AvgIpc) is 3.12. The third kappa shape index (κ3) is 4.65. The van der Waals surface area contributed by atoms with Crippen molar-refractivity contribution in [1.29, 1.82) is 0 Å². The summed E-state index contributed by atoms with van der Waals surface area (Å²) in [6.07, 6.45) is 3.43. The van der Waals surface area contributed by atoms with Gasteiger partial charge < -0.3 is 10.1 Å². The molecule has 0 bridgehead atoms. The highest BCUT2D eigenvalue weighted by atomic mass is 32.2. The highest BCUT2D eigenvalue weighted by Crippen LogP contribution is 2.28. The molecule has 8 heteroatoms. The van der Waals surface area contributed by atoms with Crippen LogP contribution >= 0.6 is 11.8 Å². The molecular weight excluding hydrogens is 362 g/mol. The molecule has 0 radical (unpaired) electrons. The van der Waals surface area contributed by atoms with E-state index in [1.165, 1.54) is 11.8 Å². The van der Waals surface area contributed by atoms with E-state index in [1.807, 2.05) is 54.8 Å². The van der Waals surface area contributed by atoms with E-state index in [4.69, 9.17) is 4.74 Å². The summed E-state index contributed by atoms with van der Waals surface area (Å²) in [5.41, 5.74) is 1.80. The van der Waals surface area contributed by atoms with Crippen molar-refractivity contribution in [3.8, 4) is 22.8 Å². The second kappa shape index (κ2) is 9.18. The molecule has 3 aromatic rings. The van der Waals surface area contributed by atoms with Crippen LogP contribution in [0.1, 0.15) is 13.8 Å². The van der Waals surface area contributed by atoms with Gasteiger partial charge in [-0.3, -0.25) is 14.3 Å². The van der Waals surface area contributed by atoms with Crippen molar-refractivity contribution in [2.24, 2.45) is 0 Å². The van der Waals surface area contributed by atoms with Gasteiger partial charge in [0, 0.05) is 30.2 Å². The molecule has 3 rings (SSSR count). The second-order valence-corrected chi connectivity index (χ2v) is 6.49. The molecule has 7 nitrogen and oxygen atoms in total. The number of pyridine rings is 1. The number of rotatable bonds is 8. The summed E-state index contributed by atoms with van der Waals surface area (Å²) in [4.78, 5) is 15.9. The fourth-order valence-electron chi connectivity index (χ4n) is 2.52. The topological polar surface area (TPSA) is 81.9 Å². The maximum absolute atomic E-state index is 11.8. The standard InChI is InChI=1S/C19H21N5O2S/c1-3-21-17(25)13-27-19-23-22-18(14-9-11-20-12-10-14)24(19)15-5-7-16(8-6-15)26-4-2/h5-12H,3-4,13H2,1-2H3,(H,21,25). The van der Waals surface area contributed by atoms with Crippen molar-refractivity contribution in [2.45, 2.75) is 19.0 Å². The Bertz CT molecular complexity index is 881. The number of hydrogen-bond donors (Lipinski definition) is 1. The van der Waals surface area contributed by atoms with Crippen LogP contribution in [0.5, 0.6) is 5.75 Å². The Hall–Kier alpha value is -2.87. The molecule has 0 unspecified atom stereocenters. The third-order valence-corrected chi connectivity index (χ3v) is 4.61. The summed E-state index contributed by atoms with van der Waals surface area (Å²) < 4.78 is 7.46. The number of nitrogens with zero attached hydrogens (tertiary/aromatic N) is 4. The van der Waals surface area contributed by atoms with Gasteiger partial charge in [0.2, 0.25) is 5.91 Å². The molecule has 1 amide bonds. The minimum Gasteiger partial charge on any atom is -0.494 e. The zero-order chi connectivity index (χ0) is 19.1. The Kier molecular flexibility index (Phi) is 6.43. The van der Waals surface area contributed by atoms with Crippen molar-refractivity contribution in [2.75, 3.05) is 18.9 Å². The SMILES string of the molecule is CCNC(=O)CSc1nnc(-c2ccncc2)n1-c1ccc(OCC)cc1. The summed E-state index contributed by atoms with van der Waals surface area (Å²) in [5, 5.41) is 12.1. The van der Waals surface area contributed by atoms with E-state index in [-0.39, 0.29) is 11.7 Å². The van der Waals surface area contributed by atoms with Crippen molar-refractivity contribution in [3.05, 3.63) is 48.8 Å². The molecule has 0 saturated carbocycles. The van der Waals surface area contributed by atoms with Gasteiger partial charge in [-0.05, 0) is 50.2 Å². The Labute approximate surface area is 162 Å². The molecule has 0 atom stereocenters. The van der Waals surface area contributed by atoms with Crippen LogP contribution in [-0.4, -0.2) is 44.6 Å². The molecule has 0 spiro atoms. The van der Waals surface area contributed by atoms with Gasteiger partial charge in [-0.2, -0.15) is 0 Å². The lowest BCUT2D eigenvalue weighted by Crippen LogP contribution is -2.24. The van der Waals surface area contributed by atoms with Gasteiger partial charge in [0.15, 0.2) is 11.0 Å². The van der Waals surface area contributed by atoms with Gasteiger partial charge in [-0.25, -0.2) is 0 Å². The van der Waals surface area contributed by atoms with Crippen LogP contribution in [0.4, 0.5) is 0 Å². The highest BCUT2D eigenvalue weighted by molar-refractivity contribution is 7.99. The molecule has 140 valence electrons. The Morgan fingerprint density at radius 2 is 1.85 bits per heavy atom. The number of carbonyl (C=O) groups excluding carboxylic acids is 1. The molecule has 1 aromatic carbocycles. The molecule has 2 aromatic heterocycles. The molecule has 0 aliphatic heterocycles. The number of nitrogens with one attached hydrogen (secondary N) is 1. The molecule has 0 fully saturated rings. The lowest BCUT2D eigenvalue weighted by molar-refractivity contribution is -0.118. The zero-order valence-corrected chi connectivity index (χ0v) is 16.1. The average molecular weight is 383 g/mol. The first-order chi connectivity index (χ1) is 13.2. The van der Waals surface area contributed by atoms with Crippen LogP contribution in [0.3, 0.4) is 0 Å². The fourth-order valence-corrected chi connectivity index (χ4v) is 3.30. The normalized spacial score (nSPS) is 10.6. The van der Waals surface area contributed by atoms with E-state index in [9.17, 15) is 4.79 Å². The molecular formula is C19H21N5O2S. The van der Waals surface area contributed by atoms with E-state index < -0.39 is 0 Å². The van der Waals surface area contributed by atoms with Gasteiger partial charge in [0.25, 0.3) is 0 Å². The molecule has 0 saturated heterocycles. The van der Waals surface area contributed by atoms with Crippen molar-refractivity contribution >= 4 is 17.7 Å². The van der Waals surface area contributed by atoms with E-state index in [0.29, 0.717) is 24.1 Å². The minimum atomic E-state index is -0.0331. The smallest absolute Gasteiger partial charge is 0.230 e. The molecule has 1 N–H and O–H groups in total. The van der Waals surface area contributed by atoms with Gasteiger partial charge in [0.05, 0.1) is 12.4 Å². The maximum Gasteiger partial charge on any atom is 0.230 e. The monoisotopic (exact) mass is 383 g/mol. The highest BCUT2D eigenvalue weighted by Gasteiger charge is 2.17. The predicted molar refractivity (Wildman–Crippen MR) is 105 cm³/mol. The fraction of sp³-hybridized carbons (Fsp3) is 0.263. The van der Waals surface area contributed by atoms with Crippen molar-refractivity contribution < 1.29 is 9.53 Å². The summed E-state index contributed by atoms with van der Waals surface area (Å²) in [5.74, 6) is 1.74. The molecule has 0 aliphatic carbocycles. The third-order valence-electron chi connectivity index (χ3n) is 3.68. The number of thioether (sulfide) groups is 1. The van der Waals surface area contributed by atoms with Crippen molar-refractivity contribution in [3.63, 3.8) is 0 Å². The molecule has 0 aliphatic rings. The van der Waals surface area contributed by atoms with Crippen LogP contribution in [0.2, 0.25) is 0 Å². The summed E-state index contributed by atoms with van der Waals surface area (Å²) >= 11 is 1.35. The summed E-state index contributed by atoms with van der Waals surface area (Å²) in [6, 6.07) is 11.5. The van der Waals surface area contributed by atoms with Gasteiger partial charge in [-0.15, -0.1) is 10.2 Å². The maximum atomic E-state index is 11.8. The van der Waals surface area contributed by atoms with Crippen LogP contribution in [0, 0.1) is 0 Å². The number of carbonyl (C=O) groups is 1. The predicted octanol–water partition coefficient (Wildman–Crippen LogP) is 2.96. The number of aromatic nitrogens is 4. The largest absolute Gasteiger partial charge is 0.494 e. The first kappa shape index (κ1) is 18.9. The lowest BCUT2D eigenvalue weighted by atomic mass is 10.2. The van der Waals surface area contributed by atoms with Gasteiger partial charge in [0.1, 0.15) is 5.75 Å². The second-order valence-electron chi connectivity index (χ2n) is 5.55. The van der Waals surface area contributed by atoms with Crippen LogP contribution < -0.4 is 10.1 Å². The van der Waals surface area contributed by atoms with Gasteiger partial charge >= 0.3 is 0 Å². The quantitative estimate of drug-likeness (QED) is 0.602.